The molecule has 1 aromatic carbocycles. The van der Waals surface area contributed by atoms with Gasteiger partial charge in [0.25, 0.3) is 5.69 Å². The SMILES string of the molecule is O=[N+]([O-])c1cc[c]c(C2CCCCC2)c1. The van der Waals surface area contributed by atoms with Crippen LogP contribution in [0.25, 0.3) is 0 Å². The predicted octanol–water partition coefficient (Wildman–Crippen LogP) is 3.44. The van der Waals surface area contributed by atoms with Crippen LogP contribution in [0, 0.1) is 16.2 Å². The average molecular weight is 204 g/mol. The molecule has 0 spiro atoms. The Morgan fingerprint density at radius 2 is 2.07 bits per heavy atom. The molecule has 1 saturated carbocycles. The lowest BCUT2D eigenvalue weighted by Crippen LogP contribution is -2.04. The average Bonchev–Trinajstić information content (AvgIpc) is 2.30. The van der Waals surface area contributed by atoms with Crippen LogP contribution in [0.4, 0.5) is 5.69 Å². The van der Waals surface area contributed by atoms with Gasteiger partial charge in [0.05, 0.1) is 4.92 Å². The summed E-state index contributed by atoms with van der Waals surface area (Å²) < 4.78 is 0. The molecule has 1 aromatic rings. The summed E-state index contributed by atoms with van der Waals surface area (Å²) >= 11 is 0. The molecule has 15 heavy (non-hydrogen) atoms. The van der Waals surface area contributed by atoms with E-state index in [4.69, 9.17) is 0 Å². The van der Waals surface area contributed by atoms with Crippen molar-refractivity contribution in [3.63, 3.8) is 0 Å². The maximum Gasteiger partial charge on any atom is 0.269 e. The smallest absolute Gasteiger partial charge is 0.258 e. The topological polar surface area (TPSA) is 43.1 Å². The molecular weight excluding hydrogens is 190 g/mol. The maximum atomic E-state index is 10.6. The zero-order chi connectivity index (χ0) is 10.7. The molecule has 0 heterocycles. The first-order valence-electron chi connectivity index (χ1n) is 5.43. The largest absolute Gasteiger partial charge is 0.269 e. The molecule has 0 atom stereocenters. The summed E-state index contributed by atoms with van der Waals surface area (Å²) in [5.41, 5.74) is 1.21. The van der Waals surface area contributed by atoms with Gasteiger partial charge in [-0.05, 0) is 36.5 Å². The number of non-ortho nitro benzene ring substituents is 1. The number of hydrogen-bond donors (Lipinski definition) is 0. The Morgan fingerprint density at radius 1 is 1.33 bits per heavy atom. The molecule has 0 aliphatic heterocycles. The molecular formula is C12H14NO2. The quantitative estimate of drug-likeness (QED) is 0.547. The Kier molecular flexibility index (Phi) is 2.99. The summed E-state index contributed by atoms with van der Waals surface area (Å²) in [6.07, 6.45) is 6.07. The maximum absolute atomic E-state index is 10.6. The molecule has 0 amide bonds. The Bertz CT molecular complexity index is 356. The van der Waals surface area contributed by atoms with Gasteiger partial charge in [-0.1, -0.05) is 19.3 Å². The molecule has 79 valence electrons. The Morgan fingerprint density at radius 3 is 2.73 bits per heavy atom. The third kappa shape index (κ3) is 2.35. The Labute approximate surface area is 89.3 Å². The molecule has 1 aliphatic carbocycles. The van der Waals surface area contributed by atoms with Crippen LogP contribution >= 0.6 is 0 Å². The third-order valence-corrected chi connectivity index (χ3v) is 3.06. The van der Waals surface area contributed by atoms with Crippen molar-refractivity contribution >= 4 is 5.69 Å². The van der Waals surface area contributed by atoms with Crippen molar-refractivity contribution in [1.29, 1.82) is 0 Å². The molecule has 2 rings (SSSR count). The highest BCUT2D eigenvalue weighted by molar-refractivity contribution is 5.35. The zero-order valence-corrected chi connectivity index (χ0v) is 8.61. The van der Waals surface area contributed by atoms with E-state index in [1.165, 1.54) is 25.3 Å². The van der Waals surface area contributed by atoms with Crippen LogP contribution < -0.4 is 0 Å². The molecule has 0 bridgehead atoms. The van der Waals surface area contributed by atoms with Crippen LogP contribution in [-0.4, -0.2) is 4.92 Å². The fourth-order valence-electron chi connectivity index (χ4n) is 2.24. The zero-order valence-electron chi connectivity index (χ0n) is 8.61. The van der Waals surface area contributed by atoms with Gasteiger partial charge in [0.1, 0.15) is 0 Å². The van der Waals surface area contributed by atoms with E-state index in [-0.39, 0.29) is 10.6 Å². The van der Waals surface area contributed by atoms with Crippen molar-refractivity contribution in [3.05, 3.63) is 39.9 Å². The third-order valence-electron chi connectivity index (χ3n) is 3.06. The van der Waals surface area contributed by atoms with Gasteiger partial charge in [-0.2, -0.15) is 0 Å². The van der Waals surface area contributed by atoms with E-state index >= 15 is 0 Å². The molecule has 0 N–H and O–H groups in total. The van der Waals surface area contributed by atoms with Crippen molar-refractivity contribution in [1.82, 2.24) is 0 Å². The fourth-order valence-corrected chi connectivity index (χ4v) is 2.24. The van der Waals surface area contributed by atoms with E-state index in [0.717, 1.165) is 18.4 Å². The molecule has 3 heteroatoms. The molecule has 0 unspecified atom stereocenters. The highest BCUT2D eigenvalue weighted by Gasteiger charge is 2.17. The van der Waals surface area contributed by atoms with Gasteiger partial charge in [-0.25, -0.2) is 0 Å². The van der Waals surface area contributed by atoms with Crippen molar-refractivity contribution in [2.45, 2.75) is 38.0 Å². The summed E-state index contributed by atoms with van der Waals surface area (Å²) in [4.78, 5) is 10.3. The summed E-state index contributed by atoms with van der Waals surface area (Å²) in [7, 11) is 0. The summed E-state index contributed by atoms with van der Waals surface area (Å²) in [6, 6.07) is 7.98. The van der Waals surface area contributed by atoms with Gasteiger partial charge in [-0.15, -0.1) is 0 Å². The molecule has 1 aliphatic rings. The minimum atomic E-state index is -0.333. The van der Waals surface area contributed by atoms with Crippen LogP contribution in [0.2, 0.25) is 0 Å². The number of nitro groups is 1. The van der Waals surface area contributed by atoms with Crippen LogP contribution in [0.5, 0.6) is 0 Å². The summed E-state index contributed by atoms with van der Waals surface area (Å²) in [5, 5.41) is 10.6. The minimum Gasteiger partial charge on any atom is -0.258 e. The second kappa shape index (κ2) is 4.43. The second-order valence-electron chi connectivity index (χ2n) is 4.09. The number of rotatable bonds is 2. The number of nitrogens with zero attached hydrogens (tertiary/aromatic N) is 1. The summed E-state index contributed by atoms with van der Waals surface area (Å²) in [5.74, 6) is 0.485. The molecule has 1 fully saturated rings. The van der Waals surface area contributed by atoms with Gasteiger partial charge in [0.2, 0.25) is 0 Å². The second-order valence-corrected chi connectivity index (χ2v) is 4.09. The Balaban J connectivity index is 2.19. The van der Waals surface area contributed by atoms with E-state index in [0.29, 0.717) is 5.92 Å². The van der Waals surface area contributed by atoms with Gasteiger partial charge < -0.3 is 0 Å². The molecule has 0 saturated heterocycles. The lowest BCUT2D eigenvalue weighted by molar-refractivity contribution is -0.384. The Hall–Kier alpha value is -1.38. The van der Waals surface area contributed by atoms with Crippen molar-refractivity contribution in [2.75, 3.05) is 0 Å². The van der Waals surface area contributed by atoms with E-state index in [1.54, 1.807) is 12.1 Å². The van der Waals surface area contributed by atoms with E-state index in [2.05, 4.69) is 6.07 Å². The minimum absolute atomic E-state index is 0.189. The van der Waals surface area contributed by atoms with E-state index in [1.807, 2.05) is 0 Å². The number of benzene rings is 1. The van der Waals surface area contributed by atoms with Crippen molar-refractivity contribution in [3.8, 4) is 0 Å². The lowest BCUT2D eigenvalue weighted by atomic mass is 9.84. The van der Waals surface area contributed by atoms with Crippen LogP contribution in [-0.2, 0) is 0 Å². The van der Waals surface area contributed by atoms with Gasteiger partial charge in [0.15, 0.2) is 0 Å². The highest BCUT2D eigenvalue weighted by Crippen LogP contribution is 2.33. The predicted molar refractivity (Wildman–Crippen MR) is 57.8 cm³/mol. The van der Waals surface area contributed by atoms with E-state index in [9.17, 15) is 10.1 Å². The first-order chi connectivity index (χ1) is 7.27. The normalized spacial score (nSPS) is 17.6. The first-order valence-corrected chi connectivity index (χ1v) is 5.43. The van der Waals surface area contributed by atoms with Crippen molar-refractivity contribution in [2.24, 2.45) is 0 Å². The fraction of sp³-hybridized carbons (Fsp3) is 0.500. The number of nitro benzene ring substituents is 1. The highest BCUT2D eigenvalue weighted by atomic mass is 16.6. The summed E-state index contributed by atoms with van der Waals surface area (Å²) in [6.45, 7) is 0. The monoisotopic (exact) mass is 204 g/mol. The van der Waals surface area contributed by atoms with E-state index < -0.39 is 0 Å². The lowest BCUT2D eigenvalue weighted by Gasteiger charge is -2.21. The van der Waals surface area contributed by atoms with Gasteiger partial charge in [-0.3, -0.25) is 10.1 Å². The molecule has 0 aromatic heterocycles. The standard InChI is InChI=1S/C12H14NO2/c14-13(15)12-8-4-7-11(9-12)10-5-2-1-3-6-10/h4,8-10H,1-3,5-6H2. The number of hydrogen-bond acceptors (Lipinski definition) is 2. The first kappa shape index (κ1) is 10.1. The van der Waals surface area contributed by atoms with Crippen LogP contribution in [0.3, 0.4) is 0 Å². The van der Waals surface area contributed by atoms with Gasteiger partial charge >= 0.3 is 0 Å². The van der Waals surface area contributed by atoms with Crippen molar-refractivity contribution < 1.29 is 4.92 Å². The molecule has 1 radical (unpaired) electrons. The van der Waals surface area contributed by atoms with Crippen LogP contribution in [0.1, 0.15) is 43.6 Å². The van der Waals surface area contributed by atoms with Crippen LogP contribution in [0.15, 0.2) is 18.2 Å². The molecule has 3 nitrogen and oxygen atoms in total. The van der Waals surface area contributed by atoms with Gasteiger partial charge in [0, 0.05) is 12.1 Å².